The topological polar surface area (TPSA) is 25.8 Å². The molecule has 130 valence electrons. The van der Waals surface area contributed by atoms with Crippen LogP contribution in [0.2, 0.25) is 0 Å². The van der Waals surface area contributed by atoms with Crippen LogP contribution in [0.3, 0.4) is 0 Å². The zero-order chi connectivity index (χ0) is 17.8. The van der Waals surface area contributed by atoms with Crippen molar-refractivity contribution in [2.45, 2.75) is 39.0 Å². The largest absolute Gasteiger partial charge is 0.254 e. The molecule has 2 nitrogen and oxygen atoms in total. The molecule has 0 unspecified atom stereocenters. The molecule has 0 fully saturated rings. The first kappa shape index (κ1) is 16.7. The van der Waals surface area contributed by atoms with Crippen molar-refractivity contribution < 1.29 is 0 Å². The second-order valence-electron chi connectivity index (χ2n) is 6.89. The van der Waals surface area contributed by atoms with Gasteiger partial charge in [-0.15, -0.1) is 0 Å². The summed E-state index contributed by atoms with van der Waals surface area (Å²) in [4.78, 5) is 9.71. The lowest BCUT2D eigenvalue weighted by molar-refractivity contribution is 0.667. The van der Waals surface area contributed by atoms with Gasteiger partial charge in [0.25, 0.3) is 0 Å². The summed E-state index contributed by atoms with van der Waals surface area (Å²) < 4.78 is 0. The molecule has 0 atom stereocenters. The number of aromatic nitrogens is 2. The van der Waals surface area contributed by atoms with E-state index in [0.29, 0.717) is 0 Å². The Morgan fingerprint density at radius 1 is 0.769 bits per heavy atom. The molecular formula is C24H24N2. The van der Waals surface area contributed by atoms with Crippen LogP contribution in [0.15, 0.2) is 66.9 Å². The number of fused-ring (bicyclic) bond motifs is 3. The third kappa shape index (κ3) is 3.32. The summed E-state index contributed by atoms with van der Waals surface area (Å²) in [7, 11) is 0. The minimum absolute atomic E-state index is 0.986. The van der Waals surface area contributed by atoms with Crippen LogP contribution in [0.25, 0.3) is 33.1 Å². The highest BCUT2D eigenvalue weighted by atomic mass is 14.8. The fraction of sp³-hybridized carbons (Fsp3) is 0.250. The first-order valence-electron chi connectivity index (χ1n) is 9.59. The highest BCUT2D eigenvalue weighted by Crippen LogP contribution is 2.30. The Kier molecular flexibility index (Phi) is 4.92. The van der Waals surface area contributed by atoms with Crippen LogP contribution in [-0.2, 0) is 6.42 Å². The van der Waals surface area contributed by atoms with Crippen LogP contribution in [0.1, 0.15) is 38.2 Å². The minimum Gasteiger partial charge on any atom is -0.254 e. The number of benzene rings is 2. The first-order valence-corrected chi connectivity index (χ1v) is 9.59. The predicted octanol–water partition coefficient (Wildman–Crippen LogP) is 6.57. The lowest BCUT2D eigenvalue weighted by atomic mass is 9.98. The van der Waals surface area contributed by atoms with Crippen molar-refractivity contribution in [3.63, 3.8) is 0 Å². The SMILES string of the molecule is CCCCCCc1cc2ccc3cccnc3c2nc1-c1ccccc1. The van der Waals surface area contributed by atoms with E-state index in [4.69, 9.17) is 4.98 Å². The number of rotatable bonds is 6. The first-order chi connectivity index (χ1) is 12.9. The van der Waals surface area contributed by atoms with Gasteiger partial charge in [0.15, 0.2) is 0 Å². The summed E-state index contributed by atoms with van der Waals surface area (Å²) in [6.07, 6.45) is 7.99. The lowest BCUT2D eigenvalue weighted by Crippen LogP contribution is -1.96. The molecule has 2 heterocycles. The second-order valence-corrected chi connectivity index (χ2v) is 6.89. The van der Waals surface area contributed by atoms with Crippen LogP contribution < -0.4 is 0 Å². The van der Waals surface area contributed by atoms with E-state index in [2.05, 4.69) is 66.5 Å². The fourth-order valence-electron chi connectivity index (χ4n) is 3.60. The molecule has 0 amide bonds. The number of hydrogen-bond acceptors (Lipinski definition) is 2. The molecule has 2 aromatic carbocycles. The Balaban J connectivity index is 1.86. The molecule has 4 rings (SSSR count). The van der Waals surface area contributed by atoms with Crippen molar-refractivity contribution in [1.29, 1.82) is 0 Å². The van der Waals surface area contributed by atoms with Crippen molar-refractivity contribution in [3.8, 4) is 11.3 Å². The highest BCUT2D eigenvalue weighted by Gasteiger charge is 2.11. The Bertz CT molecular complexity index is 1020. The zero-order valence-electron chi connectivity index (χ0n) is 15.3. The molecule has 0 saturated heterocycles. The number of nitrogens with zero attached hydrogens (tertiary/aromatic N) is 2. The number of hydrogen-bond donors (Lipinski definition) is 0. The second kappa shape index (κ2) is 7.65. The van der Waals surface area contributed by atoms with E-state index in [0.717, 1.165) is 28.5 Å². The van der Waals surface area contributed by atoms with Gasteiger partial charge >= 0.3 is 0 Å². The van der Waals surface area contributed by atoms with Gasteiger partial charge in [0.1, 0.15) is 0 Å². The summed E-state index contributed by atoms with van der Waals surface area (Å²) in [5, 5.41) is 2.32. The Morgan fingerprint density at radius 2 is 1.62 bits per heavy atom. The van der Waals surface area contributed by atoms with E-state index in [9.17, 15) is 0 Å². The monoisotopic (exact) mass is 340 g/mol. The van der Waals surface area contributed by atoms with E-state index in [1.807, 2.05) is 12.3 Å². The third-order valence-corrected chi connectivity index (χ3v) is 4.98. The molecule has 0 bridgehead atoms. The average Bonchev–Trinajstić information content (AvgIpc) is 2.71. The molecule has 0 N–H and O–H groups in total. The smallest absolute Gasteiger partial charge is 0.0972 e. The summed E-state index contributed by atoms with van der Waals surface area (Å²) >= 11 is 0. The van der Waals surface area contributed by atoms with Crippen LogP contribution in [0, 0.1) is 0 Å². The molecule has 0 spiro atoms. The number of pyridine rings is 2. The summed E-state index contributed by atoms with van der Waals surface area (Å²) in [5.41, 5.74) is 5.62. The molecule has 0 aliphatic rings. The third-order valence-electron chi connectivity index (χ3n) is 4.98. The quantitative estimate of drug-likeness (QED) is 0.293. The van der Waals surface area contributed by atoms with Gasteiger partial charge in [-0.25, -0.2) is 4.98 Å². The van der Waals surface area contributed by atoms with E-state index in [-0.39, 0.29) is 0 Å². The molecule has 2 heteroatoms. The summed E-state index contributed by atoms with van der Waals surface area (Å²) in [6.45, 7) is 2.26. The van der Waals surface area contributed by atoms with E-state index in [1.54, 1.807) is 0 Å². The Morgan fingerprint density at radius 3 is 2.46 bits per heavy atom. The summed E-state index contributed by atoms with van der Waals surface area (Å²) in [6, 6.07) is 21.3. The molecular weight excluding hydrogens is 316 g/mol. The number of aryl methyl sites for hydroxylation is 1. The number of unbranched alkanes of at least 4 members (excludes halogenated alkanes) is 3. The van der Waals surface area contributed by atoms with Gasteiger partial charge in [-0.05, 0) is 30.5 Å². The minimum atomic E-state index is 0.986. The van der Waals surface area contributed by atoms with Gasteiger partial charge in [0.2, 0.25) is 0 Å². The van der Waals surface area contributed by atoms with Crippen LogP contribution in [0.4, 0.5) is 0 Å². The Labute approximate surface area is 154 Å². The maximum absolute atomic E-state index is 5.11. The Hall–Kier alpha value is -2.74. The standard InChI is InChI=1S/C24H24N2/c1-2-3-4-6-12-20-17-21-15-14-19-13-9-16-25-23(19)24(21)26-22(20)18-10-7-5-8-11-18/h5,7-11,13-17H,2-4,6,12H2,1H3. The van der Waals surface area contributed by atoms with Crippen LogP contribution >= 0.6 is 0 Å². The van der Waals surface area contributed by atoms with E-state index >= 15 is 0 Å². The van der Waals surface area contributed by atoms with Crippen LogP contribution in [-0.4, -0.2) is 9.97 Å². The molecule has 26 heavy (non-hydrogen) atoms. The normalized spacial score (nSPS) is 11.3. The van der Waals surface area contributed by atoms with Gasteiger partial charge in [-0.2, -0.15) is 0 Å². The molecule has 0 radical (unpaired) electrons. The van der Waals surface area contributed by atoms with E-state index < -0.39 is 0 Å². The highest BCUT2D eigenvalue weighted by molar-refractivity contribution is 6.03. The van der Waals surface area contributed by atoms with Gasteiger partial charge in [0.05, 0.1) is 16.7 Å². The van der Waals surface area contributed by atoms with Crippen molar-refractivity contribution in [2.24, 2.45) is 0 Å². The van der Waals surface area contributed by atoms with Crippen LogP contribution in [0.5, 0.6) is 0 Å². The maximum atomic E-state index is 5.11. The molecule has 0 saturated carbocycles. The van der Waals surface area contributed by atoms with Gasteiger partial charge in [-0.1, -0.05) is 74.7 Å². The predicted molar refractivity (Wildman–Crippen MR) is 110 cm³/mol. The molecule has 0 aliphatic carbocycles. The maximum Gasteiger partial charge on any atom is 0.0972 e. The summed E-state index contributed by atoms with van der Waals surface area (Å²) in [5.74, 6) is 0. The van der Waals surface area contributed by atoms with Crippen molar-refractivity contribution >= 4 is 21.8 Å². The lowest BCUT2D eigenvalue weighted by Gasteiger charge is -2.12. The average molecular weight is 340 g/mol. The van der Waals surface area contributed by atoms with Crippen molar-refractivity contribution in [3.05, 3.63) is 72.4 Å². The van der Waals surface area contributed by atoms with Crippen molar-refractivity contribution in [1.82, 2.24) is 9.97 Å². The molecule has 4 aromatic rings. The molecule has 0 aliphatic heterocycles. The van der Waals surface area contributed by atoms with Gasteiger partial charge in [-0.3, -0.25) is 4.98 Å². The van der Waals surface area contributed by atoms with E-state index in [1.165, 1.54) is 42.2 Å². The zero-order valence-corrected chi connectivity index (χ0v) is 15.3. The van der Waals surface area contributed by atoms with Crippen molar-refractivity contribution in [2.75, 3.05) is 0 Å². The van der Waals surface area contributed by atoms with Gasteiger partial charge < -0.3 is 0 Å². The fourth-order valence-corrected chi connectivity index (χ4v) is 3.60. The van der Waals surface area contributed by atoms with Gasteiger partial charge in [0, 0.05) is 22.5 Å². The molecule has 2 aromatic heterocycles.